The van der Waals surface area contributed by atoms with E-state index in [1.165, 1.54) is 88.5 Å². The van der Waals surface area contributed by atoms with Gasteiger partial charge in [0, 0.05) is 29.4 Å². The number of ketones is 1. The molecule has 3 nitrogen and oxygen atoms in total. The maximum absolute atomic E-state index is 13.4. The van der Waals surface area contributed by atoms with Crippen LogP contribution < -0.4 is 0 Å². The lowest BCUT2D eigenvalue weighted by molar-refractivity contribution is -0.123. The van der Waals surface area contributed by atoms with Gasteiger partial charge in [0.05, 0.1) is 25.4 Å². The highest BCUT2D eigenvalue weighted by molar-refractivity contribution is 9.10. The van der Waals surface area contributed by atoms with Crippen LogP contribution in [0.1, 0.15) is 127 Å². The van der Waals surface area contributed by atoms with Crippen LogP contribution in [-0.2, 0) is 14.3 Å². The van der Waals surface area contributed by atoms with Crippen molar-refractivity contribution in [2.45, 2.75) is 134 Å². The summed E-state index contributed by atoms with van der Waals surface area (Å²) in [5.41, 5.74) is 0.834. The lowest BCUT2D eigenvalue weighted by Gasteiger charge is -2.42. The molecular weight excluding hydrogens is 708 g/mol. The number of hydrogen-bond acceptors (Lipinski definition) is 3. The molecule has 4 saturated carbocycles. The van der Waals surface area contributed by atoms with Crippen LogP contribution >= 0.6 is 15.9 Å². The molecule has 0 spiro atoms. The molecule has 0 radical (unpaired) electrons. The summed E-state index contributed by atoms with van der Waals surface area (Å²) in [4.78, 5) is 11.2. The average molecular weight is 764 g/mol. The number of rotatable bonds is 5. The van der Waals surface area contributed by atoms with Gasteiger partial charge >= 0.3 is 0 Å². The molecule has 4 atom stereocenters. The van der Waals surface area contributed by atoms with Gasteiger partial charge in [0.25, 0.3) is 0 Å². The minimum atomic E-state index is -0.568. The minimum absolute atomic E-state index is 0.303. The van der Waals surface area contributed by atoms with Crippen LogP contribution in [0.15, 0.2) is 40.9 Å². The van der Waals surface area contributed by atoms with E-state index in [1.54, 1.807) is 0 Å². The fourth-order valence-corrected chi connectivity index (χ4v) is 9.82. The average Bonchev–Trinajstić information content (AvgIpc) is 3.04. The van der Waals surface area contributed by atoms with Crippen LogP contribution in [0.2, 0.25) is 0 Å². The van der Waals surface area contributed by atoms with Crippen LogP contribution in [0.5, 0.6) is 0 Å². The van der Waals surface area contributed by atoms with Gasteiger partial charge in [-0.3, -0.25) is 4.79 Å². The number of halogens is 5. The van der Waals surface area contributed by atoms with Crippen molar-refractivity contribution < 1.29 is 31.8 Å². The van der Waals surface area contributed by atoms with E-state index >= 15 is 0 Å². The van der Waals surface area contributed by atoms with Crippen molar-refractivity contribution >= 4 is 21.7 Å². The summed E-state index contributed by atoms with van der Waals surface area (Å²) in [6.45, 7) is 1.96. The predicted molar refractivity (Wildman–Crippen MR) is 192 cm³/mol. The second-order valence-electron chi connectivity index (χ2n) is 16.1. The SMILES string of the molecule is Fc1cc(F)cc(Br)c1.Fc1cc(F)cc(C2CCC(C3CCC(C4CCC4)CO3)CC2)c1.O=C1CCC(C2CCC(C3CCC3)CO2)CC1. The van der Waals surface area contributed by atoms with Crippen molar-refractivity contribution in [3.8, 4) is 0 Å². The largest absolute Gasteiger partial charge is 0.378 e. The number of carbonyl (C=O) groups excluding carboxylic acids is 1. The first-order valence-corrected chi connectivity index (χ1v) is 20.3. The molecule has 4 aliphatic carbocycles. The number of hydrogen-bond donors (Lipinski definition) is 0. The van der Waals surface area contributed by atoms with E-state index < -0.39 is 23.3 Å². The second kappa shape index (κ2) is 18.3. The van der Waals surface area contributed by atoms with Crippen LogP contribution in [0, 0.1) is 58.8 Å². The lowest BCUT2D eigenvalue weighted by Crippen LogP contribution is -2.37. The Morgan fingerprint density at radius 3 is 1.28 bits per heavy atom. The van der Waals surface area contributed by atoms with Crippen LogP contribution in [0.4, 0.5) is 17.6 Å². The molecule has 4 unspecified atom stereocenters. The van der Waals surface area contributed by atoms with Gasteiger partial charge in [-0.2, -0.15) is 0 Å². The number of ether oxygens (including phenoxy) is 2. The molecule has 2 aromatic carbocycles. The van der Waals surface area contributed by atoms with E-state index in [0.717, 1.165) is 106 Å². The molecule has 0 amide bonds. The quantitative estimate of drug-likeness (QED) is 0.285. The third-order valence-electron chi connectivity index (χ3n) is 12.9. The zero-order chi connectivity index (χ0) is 35.0. The summed E-state index contributed by atoms with van der Waals surface area (Å²) in [5, 5.41) is 0. The number of benzene rings is 2. The summed E-state index contributed by atoms with van der Waals surface area (Å²) in [6, 6.07) is 7.20. The fraction of sp³-hybridized carbons (Fsp3) is 0.690. The van der Waals surface area contributed by atoms with E-state index in [-0.39, 0.29) is 0 Å². The van der Waals surface area contributed by atoms with E-state index in [1.807, 2.05) is 0 Å². The summed E-state index contributed by atoms with van der Waals surface area (Å²) in [7, 11) is 0. The molecule has 2 heterocycles. The molecule has 6 fully saturated rings. The Morgan fingerprint density at radius 1 is 0.480 bits per heavy atom. The molecule has 2 aliphatic heterocycles. The summed E-state index contributed by atoms with van der Waals surface area (Å²) in [6.07, 6.45) is 22.7. The van der Waals surface area contributed by atoms with Crippen LogP contribution in [0.25, 0.3) is 0 Å². The Kier molecular flexibility index (Phi) is 13.9. The van der Waals surface area contributed by atoms with Gasteiger partial charge in [-0.05, 0) is 135 Å². The zero-order valence-electron chi connectivity index (χ0n) is 29.4. The Labute approximate surface area is 304 Å². The van der Waals surface area contributed by atoms with E-state index in [0.29, 0.717) is 40.2 Å². The van der Waals surface area contributed by atoms with Crippen molar-refractivity contribution in [2.75, 3.05) is 13.2 Å². The smallest absolute Gasteiger partial charge is 0.132 e. The molecule has 2 saturated heterocycles. The van der Waals surface area contributed by atoms with Gasteiger partial charge in [0.15, 0.2) is 0 Å². The highest BCUT2D eigenvalue weighted by atomic mass is 79.9. The maximum atomic E-state index is 13.4. The lowest BCUT2D eigenvalue weighted by atomic mass is 9.71. The van der Waals surface area contributed by atoms with Gasteiger partial charge in [0.2, 0.25) is 0 Å². The van der Waals surface area contributed by atoms with Crippen molar-refractivity contribution in [1.82, 2.24) is 0 Å². The molecule has 50 heavy (non-hydrogen) atoms. The third-order valence-corrected chi connectivity index (χ3v) is 13.4. The fourth-order valence-electron chi connectivity index (χ4n) is 9.38. The highest BCUT2D eigenvalue weighted by Crippen LogP contribution is 2.44. The zero-order valence-corrected chi connectivity index (χ0v) is 31.0. The van der Waals surface area contributed by atoms with Crippen LogP contribution in [-0.4, -0.2) is 31.2 Å². The Balaban J connectivity index is 0.000000144. The van der Waals surface area contributed by atoms with Crippen molar-refractivity contribution in [2.24, 2.45) is 35.5 Å². The molecule has 8 rings (SSSR count). The summed E-state index contributed by atoms with van der Waals surface area (Å²) < 4.78 is 63.9. The number of Topliss-reactive ketones (excluding diaryl/α,β-unsaturated/α-hetero) is 1. The van der Waals surface area contributed by atoms with E-state index in [9.17, 15) is 22.4 Å². The number of carbonyl (C=O) groups is 1. The molecule has 2 aromatic rings. The van der Waals surface area contributed by atoms with Gasteiger partial charge in [0.1, 0.15) is 29.1 Å². The maximum Gasteiger partial charge on any atom is 0.132 e. The van der Waals surface area contributed by atoms with Crippen molar-refractivity contribution in [1.29, 1.82) is 0 Å². The Hall–Kier alpha value is -1.77. The Bertz CT molecular complexity index is 1290. The van der Waals surface area contributed by atoms with Gasteiger partial charge in [-0.1, -0.05) is 54.5 Å². The first-order chi connectivity index (χ1) is 24.2. The van der Waals surface area contributed by atoms with Crippen molar-refractivity contribution in [3.05, 3.63) is 69.7 Å². The highest BCUT2D eigenvalue weighted by Gasteiger charge is 2.37. The van der Waals surface area contributed by atoms with Gasteiger partial charge in [-0.25, -0.2) is 17.6 Å². The normalized spacial score (nSPS) is 30.9. The molecule has 0 aromatic heterocycles. The second-order valence-corrected chi connectivity index (χ2v) is 17.0. The monoisotopic (exact) mass is 762 g/mol. The molecule has 276 valence electrons. The standard InChI is InChI=1S/C21H28F2O.C15H24O2.C6H3BrF2/c22-19-10-18(11-20(23)12-19)15-4-6-16(7-5-15)21-9-8-17(13-24-21)14-2-1-3-14;16-14-7-4-12(5-8-14)15-9-6-13(10-17-15)11-2-1-3-11;7-4-1-5(8)3-6(9)2-4/h10-12,14-17,21H,1-9,13H2;11-13,15H,1-10H2;1-3H. The third kappa shape index (κ3) is 10.7. The van der Waals surface area contributed by atoms with Crippen LogP contribution in [0.3, 0.4) is 0 Å². The molecule has 0 N–H and O–H groups in total. The van der Waals surface area contributed by atoms with Crippen molar-refractivity contribution in [3.63, 3.8) is 0 Å². The molecular formula is C42H55BrF4O3. The summed E-state index contributed by atoms with van der Waals surface area (Å²) in [5.74, 6) is 3.61. The molecule has 0 bridgehead atoms. The van der Waals surface area contributed by atoms with Gasteiger partial charge < -0.3 is 9.47 Å². The predicted octanol–water partition coefficient (Wildman–Crippen LogP) is 11.9. The van der Waals surface area contributed by atoms with Gasteiger partial charge in [-0.15, -0.1) is 0 Å². The molecule has 6 aliphatic rings. The topological polar surface area (TPSA) is 35.5 Å². The first-order valence-electron chi connectivity index (χ1n) is 19.5. The van der Waals surface area contributed by atoms with E-state index in [2.05, 4.69) is 15.9 Å². The van der Waals surface area contributed by atoms with E-state index in [4.69, 9.17) is 9.47 Å². The minimum Gasteiger partial charge on any atom is -0.378 e. The first kappa shape index (κ1) is 38.0. The molecule has 8 heteroatoms. The summed E-state index contributed by atoms with van der Waals surface area (Å²) >= 11 is 2.93. The Morgan fingerprint density at radius 2 is 0.900 bits per heavy atom.